The molecule has 2 aliphatic rings. The van der Waals surface area contributed by atoms with Crippen molar-refractivity contribution in [1.29, 1.82) is 0 Å². The zero-order valence-electron chi connectivity index (χ0n) is 19.9. The molecule has 4 rings (SSSR count). The molecule has 180 valence electrons. The third-order valence-electron chi connectivity index (χ3n) is 6.47. The summed E-state index contributed by atoms with van der Waals surface area (Å²) in [7, 11) is 0. The fourth-order valence-corrected chi connectivity index (χ4v) is 4.43. The topological polar surface area (TPSA) is 73.4 Å². The number of carbonyl (C=O) groups is 3. The van der Waals surface area contributed by atoms with E-state index in [1.807, 2.05) is 36.9 Å². The molecule has 1 fully saturated rings. The molecule has 0 aliphatic carbocycles. The van der Waals surface area contributed by atoms with Crippen LogP contribution in [0, 0.1) is 0 Å². The number of anilines is 1. The maximum Gasteiger partial charge on any atom is 0.265 e. The Morgan fingerprint density at radius 3 is 2.35 bits per heavy atom. The summed E-state index contributed by atoms with van der Waals surface area (Å²) >= 11 is 0. The predicted octanol–water partition coefficient (Wildman–Crippen LogP) is 2.24. The SMILES string of the molecule is CCN(CC)C(=O)c1ccc2c(c1)N(CC(=O)N1CCN(Cc3ccccc3)CC1)C(=O)CO2. The second kappa shape index (κ2) is 10.7. The first kappa shape index (κ1) is 23.8. The van der Waals surface area contributed by atoms with Crippen LogP contribution >= 0.6 is 0 Å². The highest BCUT2D eigenvalue weighted by Gasteiger charge is 2.31. The lowest BCUT2D eigenvalue weighted by Gasteiger charge is -2.36. The Balaban J connectivity index is 1.42. The molecule has 0 saturated carbocycles. The van der Waals surface area contributed by atoms with Crippen molar-refractivity contribution in [1.82, 2.24) is 14.7 Å². The lowest BCUT2D eigenvalue weighted by atomic mass is 10.1. The summed E-state index contributed by atoms with van der Waals surface area (Å²) in [6.45, 7) is 8.56. The van der Waals surface area contributed by atoms with E-state index in [2.05, 4.69) is 17.0 Å². The van der Waals surface area contributed by atoms with E-state index in [1.54, 1.807) is 23.1 Å². The van der Waals surface area contributed by atoms with E-state index < -0.39 is 0 Å². The smallest absolute Gasteiger partial charge is 0.265 e. The Hall–Kier alpha value is -3.39. The Morgan fingerprint density at radius 2 is 1.68 bits per heavy atom. The molecule has 2 heterocycles. The van der Waals surface area contributed by atoms with Crippen LogP contribution in [-0.4, -0.2) is 84.8 Å². The second-order valence-corrected chi connectivity index (χ2v) is 8.57. The van der Waals surface area contributed by atoms with Gasteiger partial charge in [0.05, 0.1) is 5.69 Å². The van der Waals surface area contributed by atoms with Crippen LogP contribution in [0.15, 0.2) is 48.5 Å². The molecule has 2 aromatic rings. The van der Waals surface area contributed by atoms with Crippen LogP contribution in [0.25, 0.3) is 0 Å². The van der Waals surface area contributed by atoms with Crippen molar-refractivity contribution in [2.45, 2.75) is 20.4 Å². The normalized spacial score (nSPS) is 16.1. The molecule has 1 saturated heterocycles. The van der Waals surface area contributed by atoms with E-state index in [4.69, 9.17) is 4.74 Å². The van der Waals surface area contributed by atoms with Gasteiger partial charge in [-0.3, -0.25) is 24.2 Å². The highest BCUT2D eigenvalue weighted by Crippen LogP contribution is 2.33. The number of hydrogen-bond donors (Lipinski definition) is 0. The molecule has 0 unspecified atom stereocenters. The molecular formula is C26H32N4O4. The summed E-state index contributed by atoms with van der Waals surface area (Å²) in [6, 6.07) is 15.4. The van der Waals surface area contributed by atoms with Crippen molar-refractivity contribution in [3.63, 3.8) is 0 Å². The van der Waals surface area contributed by atoms with Gasteiger partial charge in [-0.15, -0.1) is 0 Å². The number of hydrogen-bond acceptors (Lipinski definition) is 5. The number of piperazine rings is 1. The standard InChI is InChI=1S/C26H32N4O4/c1-3-28(4-2)26(33)21-10-11-23-22(16-21)30(25(32)19-34-23)18-24(31)29-14-12-27(13-15-29)17-20-8-6-5-7-9-20/h5-11,16H,3-4,12-15,17-19H2,1-2H3. The molecule has 2 aliphatic heterocycles. The molecule has 0 spiro atoms. The van der Waals surface area contributed by atoms with Gasteiger partial charge in [0.25, 0.3) is 11.8 Å². The van der Waals surface area contributed by atoms with Gasteiger partial charge >= 0.3 is 0 Å². The van der Waals surface area contributed by atoms with Crippen molar-refractivity contribution in [3.8, 4) is 5.75 Å². The maximum absolute atomic E-state index is 13.1. The second-order valence-electron chi connectivity index (χ2n) is 8.57. The van der Waals surface area contributed by atoms with Gasteiger partial charge < -0.3 is 14.5 Å². The first-order valence-electron chi connectivity index (χ1n) is 11.9. The number of nitrogens with zero attached hydrogens (tertiary/aromatic N) is 4. The molecule has 0 N–H and O–H groups in total. The van der Waals surface area contributed by atoms with Crippen LogP contribution in [-0.2, 0) is 16.1 Å². The van der Waals surface area contributed by atoms with E-state index in [1.165, 1.54) is 10.5 Å². The molecule has 2 aromatic carbocycles. The number of benzene rings is 2. The third-order valence-corrected chi connectivity index (χ3v) is 6.47. The minimum Gasteiger partial charge on any atom is -0.482 e. The van der Waals surface area contributed by atoms with Crippen LogP contribution in [0.4, 0.5) is 5.69 Å². The Labute approximate surface area is 200 Å². The highest BCUT2D eigenvalue weighted by atomic mass is 16.5. The van der Waals surface area contributed by atoms with E-state index in [0.717, 1.165) is 19.6 Å². The van der Waals surface area contributed by atoms with Crippen LogP contribution in [0.3, 0.4) is 0 Å². The summed E-state index contributed by atoms with van der Waals surface area (Å²) in [5.41, 5.74) is 2.21. The maximum atomic E-state index is 13.1. The van der Waals surface area contributed by atoms with Gasteiger partial charge in [0.1, 0.15) is 12.3 Å². The van der Waals surface area contributed by atoms with Crippen molar-refractivity contribution in [2.24, 2.45) is 0 Å². The fraction of sp³-hybridized carbons (Fsp3) is 0.423. The first-order valence-corrected chi connectivity index (χ1v) is 11.9. The predicted molar refractivity (Wildman–Crippen MR) is 130 cm³/mol. The number of amides is 3. The van der Waals surface area contributed by atoms with Crippen LogP contribution in [0.5, 0.6) is 5.75 Å². The largest absolute Gasteiger partial charge is 0.482 e. The lowest BCUT2D eigenvalue weighted by Crippen LogP contribution is -2.52. The van der Waals surface area contributed by atoms with Crippen molar-refractivity contribution < 1.29 is 19.1 Å². The number of fused-ring (bicyclic) bond motifs is 1. The summed E-state index contributed by atoms with van der Waals surface area (Å²) in [4.78, 5) is 45.9. The average molecular weight is 465 g/mol. The molecule has 34 heavy (non-hydrogen) atoms. The summed E-state index contributed by atoms with van der Waals surface area (Å²) in [5.74, 6) is 0.0276. The van der Waals surface area contributed by atoms with Gasteiger partial charge in [0.15, 0.2) is 6.61 Å². The summed E-state index contributed by atoms with van der Waals surface area (Å²) in [6.07, 6.45) is 0. The molecule has 8 heteroatoms. The van der Waals surface area contributed by atoms with Gasteiger partial charge in [0, 0.05) is 51.4 Å². The van der Waals surface area contributed by atoms with Gasteiger partial charge in [-0.1, -0.05) is 30.3 Å². The van der Waals surface area contributed by atoms with E-state index in [0.29, 0.717) is 43.2 Å². The molecule has 0 atom stereocenters. The van der Waals surface area contributed by atoms with Gasteiger partial charge in [-0.2, -0.15) is 0 Å². The first-order chi connectivity index (χ1) is 16.5. The van der Waals surface area contributed by atoms with E-state index in [-0.39, 0.29) is 30.9 Å². The number of ether oxygens (including phenoxy) is 1. The zero-order valence-corrected chi connectivity index (χ0v) is 19.9. The Bertz CT molecular complexity index is 1030. The van der Waals surface area contributed by atoms with Crippen LogP contribution in [0.2, 0.25) is 0 Å². The average Bonchev–Trinajstić information content (AvgIpc) is 2.87. The summed E-state index contributed by atoms with van der Waals surface area (Å²) < 4.78 is 5.56. The number of rotatable bonds is 7. The molecule has 3 amide bonds. The quantitative estimate of drug-likeness (QED) is 0.629. The molecule has 0 bridgehead atoms. The minimum atomic E-state index is -0.281. The van der Waals surface area contributed by atoms with Gasteiger partial charge in [0.2, 0.25) is 5.91 Å². The van der Waals surface area contributed by atoms with Crippen LogP contribution in [0.1, 0.15) is 29.8 Å². The van der Waals surface area contributed by atoms with Crippen molar-refractivity contribution in [3.05, 3.63) is 59.7 Å². The third kappa shape index (κ3) is 5.22. The molecule has 0 radical (unpaired) electrons. The van der Waals surface area contributed by atoms with E-state index in [9.17, 15) is 14.4 Å². The molecular weight excluding hydrogens is 432 g/mol. The van der Waals surface area contributed by atoms with Crippen LogP contribution < -0.4 is 9.64 Å². The Morgan fingerprint density at radius 1 is 0.971 bits per heavy atom. The minimum absolute atomic E-state index is 0.0587. The Kier molecular flexibility index (Phi) is 7.47. The number of carbonyl (C=O) groups excluding carboxylic acids is 3. The fourth-order valence-electron chi connectivity index (χ4n) is 4.43. The monoisotopic (exact) mass is 464 g/mol. The van der Waals surface area contributed by atoms with Crippen molar-refractivity contribution >= 4 is 23.4 Å². The molecule has 0 aromatic heterocycles. The molecule has 8 nitrogen and oxygen atoms in total. The van der Waals surface area contributed by atoms with Gasteiger partial charge in [-0.05, 0) is 37.6 Å². The van der Waals surface area contributed by atoms with Crippen molar-refractivity contribution in [2.75, 3.05) is 57.3 Å². The van der Waals surface area contributed by atoms with Gasteiger partial charge in [-0.25, -0.2) is 0 Å². The summed E-state index contributed by atoms with van der Waals surface area (Å²) in [5, 5.41) is 0. The van der Waals surface area contributed by atoms with E-state index >= 15 is 0 Å². The highest BCUT2D eigenvalue weighted by molar-refractivity contribution is 6.04. The zero-order chi connectivity index (χ0) is 24.1. The lowest BCUT2D eigenvalue weighted by molar-refractivity contribution is -0.133.